The third-order valence-corrected chi connectivity index (χ3v) is 7.57. The number of phenols is 1. The number of carbonyl (C=O) groups excluding carboxylic acids is 2. The van der Waals surface area contributed by atoms with Crippen molar-refractivity contribution in [3.63, 3.8) is 0 Å². The molecule has 0 saturated carbocycles. The molecule has 0 radical (unpaired) electrons. The van der Waals surface area contributed by atoms with E-state index in [-0.39, 0.29) is 105 Å². The van der Waals surface area contributed by atoms with Gasteiger partial charge in [0.15, 0.2) is 5.75 Å². The molecule has 0 aliphatic rings. The smallest absolute Gasteiger partial charge is 0.691 e. The Hall–Kier alpha value is -2.90. The Morgan fingerprint density at radius 1 is 0.630 bits per heavy atom. The fourth-order valence-electron chi connectivity index (χ4n) is 4.10. The van der Waals surface area contributed by atoms with E-state index in [9.17, 15) is 30.3 Å². The molecular formula is C32H20N7Na3O10S2. The Labute approximate surface area is 381 Å². The summed E-state index contributed by atoms with van der Waals surface area (Å²) in [5.41, 5.74) is 2.81. The first kappa shape index (κ1) is 47.3. The number of rotatable bonds is 15. The van der Waals surface area contributed by atoms with Crippen molar-refractivity contribution in [1.82, 2.24) is 0 Å². The number of hydrogen-bond acceptors (Lipinski definition) is 18. The Morgan fingerprint density at radius 2 is 1.11 bits per heavy atom. The number of carboxylic acids is 1. The van der Waals surface area contributed by atoms with Gasteiger partial charge in [0.05, 0.1) is 63.4 Å². The van der Waals surface area contributed by atoms with Crippen molar-refractivity contribution in [2.45, 2.75) is 9.79 Å². The predicted molar refractivity (Wildman–Crippen MR) is 176 cm³/mol. The average molecular weight is 796 g/mol. The van der Waals surface area contributed by atoms with Gasteiger partial charge in [-0.2, -0.15) is 34.2 Å². The van der Waals surface area contributed by atoms with Gasteiger partial charge < -0.3 is 30.8 Å². The van der Waals surface area contributed by atoms with Crippen LogP contribution in [0.5, 0.6) is 5.75 Å². The molecule has 0 bridgehead atoms. The normalized spacial score (nSPS) is 11.1. The number of azo groups is 3. The summed E-state index contributed by atoms with van der Waals surface area (Å²) in [6, 6.07) is 26.1. The predicted octanol–water partition coefficient (Wildman–Crippen LogP) is -2.49. The van der Waals surface area contributed by atoms with Gasteiger partial charge >= 0.3 is 88.7 Å². The fourth-order valence-corrected chi connectivity index (χ4v) is 4.94. The van der Waals surface area contributed by atoms with Gasteiger partial charge in [-0.15, -0.1) is 5.11 Å². The summed E-state index contributed by atoms with van der Waals surface area (Å²) in [7, 11) is 0. The van der Waals surface area contributed by atoms with Gasteiger partial charge in [-0.3, -0.25) is 14.9 Å². The van der Waals surface area contributed by atoms with Gasteiger partial charge in [0.25, 0.3) is 0 Å². The first-order valence-electron chi connectivity index (χ1n) is 14.1. The molecule has 258 valence electrons. The van der Waals surface area contributed by atoms with E-state index in [0.717, 1.165) is 18.1 Å². The van der Waals surface area contributed by atoms with Gasteiger partial charge in [-0.05, 0) is 109 Å². The molecule has 0 aliphatic heterocycles. The number of carbonyl (C=O) groups is 2. The van der Waals surface area contributed by atoms with Gasteiger partial charge in [0.1, 0.15) is 5.69 Å². The third-order valence-electron chi connectivity index (χ3n) is 6.36. The number of hydrogen-bond donors (Lipinski definition) is 2. The van der Waals surface area contributed by atoms with E-state index in [1.54, 1.807) is 97.1 Å². The summed E-state index contributed by atoms with van der Waals surface area (Å²) in [6.07, 6.45) is 1.45. The Bertz CT molecular complexity index is 2130. The molecule has 0 spiro atoms. The Balaban J connectivity index is 0.00000336. The fraction of sp³-hybridized carbons (Fsp3) is 0. The zero-order valence-electron chi connectivity index (χ0n) is 28.5. The van der Waals surface area contributed by atoms with E-state index in [2.05, 4.69) is 54.7 Å². The van der Waals surface area contributed by atoms with Crippen LogP contribution in [0.2, 0.25) is 0 Å². The first-order chi connectivity index (χ1) is 24.8. The van der Waals surface area contributed by atoms with Crippen LogP contribution < -0.4 is 110 Å². The Kier molecular flexibility index (Phi) is 21.5. The van der Waals surface area contributed by atoms with Crippen molar-refractivity contribution in [3.8, 4) is 5.75 Å². The molecule has 22 heteroatoms. The summed E-state index contributed by atoms with van der Waals surface area (Å²) in [5, 5.41) is 77.5. The van der Waals surface area contributed by atoms with E-state index < -0.39 is 11.9 Å². The van der Waals surface area contributed by atoms with Gasteiger partial charge in [-0.25, -0.2) is 0 Å². The SMILES string of the molecule is O=C([O-])/C=C\C(=O)Nc1ccc(N=Nc2ccc3c(O)c(N=Nc4ccc(N=Nc5ccc(SOO[O-])cc5)cc4)c(SOO[O-])cc3c2)cc1.[Na+].[Na+].[Na+]. The molecule has 5 aromatic carbocycles. The number of nitrogens with one attached hydrogen (secondary N) is 1. The van der Waals surface area contributed by atoms with E-state index in [1.807, 2.05) is 0 Å². The summed E-state index contributed by atoms with van der Waals surface area (Å²) < 4.78 is 8.78. The van der Waals surface area contributed by atoms with Gasteiger partial charge in [-0.1, -0.05) is 0 Å². The topological polar surface area (TPSA) is 247 Å². The molecular weight excluding hydrogens is 775 g/mol. The summed E-state index contributed by atoms with van der Waals surface area (Å²) in [6.45, 7) is 0. The number of nitrogens with zero attached hydrogens (tertiary/aromatic N) is 6. The number of aromatic hydroxyl groups is 1. The molecule has 54 heavy (non-hydrogen) atoms. The molecule has 2 N–H and O–H groups in total. The summed E-state index contributed by atoms with van der Waals surface area (Å²) in [5.74, 6) is -2.37. The molecule has 1 amide bonds. The molecule has 0 aliphatic carbocycles. The number of carboxylic acid groups (broad SMARTS) is 1. The average Bonchev–Trinajstić information content (AvgIpc) is 3.14. The monoisotopic (exact) mass is 795 g/mol. The minimum atomic E-state index is -1.49. The van der Waals surface area contributed by atoms with Crippen molar-refractivity contribution in [1.29, 1.82) is 0 Å². The number of anilines is 1. The molecule has 0 aromatic heterocycles. The maximum Gasteiger partial charge on any atom is 1.00 e. The number of fused-ring (bicyclic) bond motifs is 1. The van der Waals surface area contributed by atoms with Crippen LogP contribution in [0.3, 0.4) is 0 Å². The summed E-state index contributed by atoms with van der Waals surface area (Å²) in [4.78, 5) is 23.0. The number of aliphatic carboxylic acids is 1. The molecule has 0 heterocycles. The van der Waals surface area contributed by atoms with E-state index in [0.29, 0.717) is 67.9 Å². The van der Waals surface area contributed by atoms with Crippen molar-refractivity contribution < 1.29 is 138 Å². The molecule has 0 atom stereocenters. The number of benzene rings is 5. The maximum atomic E-state index is 11.7. The standard InChI is InChI=1S/C32H23N7O10S2.3Na/c40-29(15-16-30(41)42)33-20-1-3-21(4-2-20)36-38-25-11-14-27-19(17-25)18-28(51-49-47-45)31(32(27)43)39-37-23-7-5-22(6-8-23)34-35-24-9-12-26(13-10-24)50-48-46-44;;;/h1-18,43-45H,(H,33,40)(H,41,42);;;/q;3*+1/p-3/b16-15-,35-34?,38-36?,39-37?;;;. The van der Waals surface area contributed by atoms with Crippen LogP contribution in [-0.4, -0.2) is 17.0 Å². The molecule has 5 rings (SSSR count). The van der Waals surface area contributed by atoms with Crippen molar-refractivity contribution in [3.05, 3.63) is 109 Å². The van der Waals surface area contributed by atoms with Crippen molar-refractivity contribution in [2.24, 2.45) is 30.7 Å². The van der Waals surface area contributed by atoms with Crippen molar-refractivity contribution in [2.75, 3.05) is 5.32 Å². The van der Waals surface area contributed by atoms with Crippen LogP contribution in [0.4, 0.5) is 39.8 Å². The molecule has 0 unspecified atom stereocenters. The second-order valence-corrected chi connectivity index (χ2v) is 11.2. The van der Waals surface area contributed by atoms with Crippen LogP contribution in [-0.2, 0) is 28.3 Å². The van der Waals surface area contributed by atoms with Crippen molar-refractivity contribution >= 4 is 86.5 Å². The Morgan fingerprint density at radius 3 is 1.67 bits per heavy atom. The van der Waals surface area contributed by atoms with Gasteiger partial charge in [0, 0.05) is 22.0 Å². The van der Waals surface area contributed by atoms with Crippen LogP contribution in [0.25, 0.3) is 10.8 Å². The van der Waals surface area contributed by atoms with Crippen LogP contribution in [0.15, 0.2) is 150 Å². The summed E-state index contributed by atoms with van der Waals surface area (Å²) >= 11 is 1.28. The zero-order chi connectivity index (χ0) is 36.0. The van der Waals surface area contributed by atoms with E-state index in [1.165, 1.54) is 0 Å². The molecule has 17 nitrogen and oxygen atoms in total. The maximum absolute atomic E-state index is 11.7. The zero-order valence-corrected chi connectivity index (χ0v) is 36.1. The van der Waals surface area contributed by atoms with E-state index in [4.69, 9.17) is 0 Å². The van der Waals surface area contributed by atoms with Crippen LogP contribution >= 0.6 is 24.1 Å². The second-order valence-electron chi connectivity index (χ2n) is 9.71. The second kappa shape index (κ2) is 24.6. The minimum absolute atomic E-state index is 0. The number of phenolic OH excluding ortho intramolecular Hbond substituents is 1. The largest absolute Gasteiger partial charge is 1.00 e. The van der Waals surface area contributed by atoms with Crippen LogP contribution in [0, 0.1) is 0 Å². The first-order valence-corrected chi connectivity index (χ1v) is 15.6. The third kappa shape index (κ3) is 14.6. The minimum Gasteiger partial charge on any atom is -0.691 e. The number of amides is 1. The van der Waals surface area contributed by atoms with E-state index >= 15 is 0 Å². The quantitative estimate of drug-likeness (QED) is 0.0279. The molecule has 0 fully saturated rings. The molecule has 0 saturated heterocycles. The van der Waals surface area contributed by atoms with Gasteiger partial charge in [0.2, 0.25) is 5.91 Å². The molecule has 5 aromatic rings. The van der Waals surface area contributed by atoms with Crippen LogP contribution in [0.1, 0.15) is 0 Å².